The number of rotatable bonds is 11. The number of piperidine rings is 1. The van der Waals surface area contributed by atoms with Crippen molar-refractivity contribution in [2.45, 2.75) is 50.0 Å². The Hall–Kier alpha value is -4.35. The summed E-state index contributed by atoms with van der Waals surface area (Å²) in [5.74, 6) is 0.530. The summed E-state index contributed by atoms with van der Waals surface area (Å²) >= 11 is 0. The van der Waals surface area contributed by atoms with Crippen molar-refractivity contribution in [2.24, 2.45) is 0 Å². The number of tetrazole rings is 1. The van der Waals surface area contributed by atoms with Crippen molar-refractivity contribution < 1.29 is 9.53 Å². The molecular formula is C33H36N6O2. The lowest BCUT2D eigenvalue weighted by Gasteiger charge is -2.42. The molecule has 1 aliphatic rings. The molecule has 4 aromatic rings. The second kappa shape index (κ2) is 12.9. The van der Waals surface area contributed by atoms with Crippen molar-refractivity contribution >= 4 is 5.97 Å². The van der Waals surface area contributed by atoms with Gasteiger partial charge < -0.3 is 9.64 Å². The summed E-state index contributed by atoms with van der Waals surface area (Å²) in [7, 11) is 0. The van der Waals surface area contributed by atoms with Crippen molar-refractivity contribution in [2.75, 3.05) is 26.2 Å². The lowest BCUT2D eigenvalue weighted by Crippen LogP contribution is -2.46. The van der Waals surface area contributed by atoms with Crippen molar-refractivity contribution in [3.8, 4) is 6.07 Å². The molecule has 1 aliphatic heterocycles. The Labute approximate surface area is 241 Å². The zero-order chi connectivity index (χ0) is 28.5. The number of benzene rings is 3. The first-order valence-corrected chi connectivity index (χ1v) is 14.3. The number of hydrogen-bond acceptors (Lipinski definition) is 7. The minimum Gasteiger partial charge on any atom is -0.466 e. The number of carbonyl (C=O) groups excluding carboxylic acids is 1. The van der Waals surface area contributed by atoms with E-state index in [4.69, 9.17) is 4.74 Å². The third-order valence-electron chi connectivity index (χ3n) is 8.36. The molecule has 0 atom stereocenters. The Morgan fingerprint density at radius 3 is 2.07 bits per heavy atom. The Balaban J connectivity index is 1.37. The van der Waals surface area contributed by atoms with E-state index in [0.717, 1.165) is 49.4 Å². The van der Waals surface area contributed by atoms with E-state index in [-0.39, 0.29) is 17.8 Å². The normalized spacial score (nSPS) is 15.2. The van der Waals surface area contributed by atoms with E-state index >= 15 is 0 Å². The van der Waals surface area contributed by atoms with E-state index in [2.05, 4.69) is 75.0 Å². The van der Waals surface area contributed by atoms with Gasteiger partial charge in [0.2, 0.25) is 0 Å². The van der Waals surface area contributed by atoms with Crippen LogP contribution in [0, 0.1) is 11.3 Å². The van der Waals surface area contributed by atoms with Gasteiger partial charge in [0.15, 0.2) is 5.82 Å². The predicted octanol–water partition coefficient (Wildman–Crippen LogP) is 4.91. The van der Waals surface area contributed by atoms with Crippen LogP contribution in [-0.4, -0.2) is 57.3 Å². The molecule has 0 radical (unpaired) electrons. The van der Waals surface area contributed by atoms with Gasteiger partial charge in [0.05, 0.1) is 31.1 Å². The van der Waals surface area contributed by atoms with E-state index < -0.39 is 5.41 Å². The summed E-state index contributed by atoms with van der Waals surface area (Å²) in [6, 6.07) is 33.3. The monoisotopic (exact) mass is 548 g/mol. The SMILES string of the molecule is CCOC(=O)CCn1nnnc1C1(c2ccccc2)CCN(CCC(C#N)(c2ccccc2)c2ccccc2)CC1. The third-order valence-corrected chi connectivity index (χ3v) is 8.36. The number of likely N-dealkylation sites (tertiary alicyclic amines) is 1. The number of aromatic nitrogens is 4. The molecule has 5 rings (SSSR count). The smallest absolute Gasteiger partial charge is 0.307 e. The average Bonchev–Trinajstić information content (AvgIpc) is 3.52. The van der Waals surface area contributed by atoms with E-state index in [9.17, 15) is 10.1 Å². The molecule has 41 heavy (non-hydrogen) atoms. The van der Waals surface area contributed by atoms with Crippen LogP contribution < -0.4 is 0 Å². The number of hydrogen-bond donors (Lipinski definition) is 0. The molecule has 0 spiro atoms. The van der Waals surface area contributed by atoms with E-state index in [0.29, 0.717) is 19.6 Å². The van der Waals surface area contributed by atoms with Gasteiger partial charge >= 0.3 is 5.97 Å². The van der Waals surface area contributed by atoms with Gasteiger partial charge in [-0.25, -0.2) is 4.68 Å². The maximum absolute atomic E-state index is 12.1. The molecule has 0 bridgehead atoms. The van der Waals surface area contributed by atoms with E-state index in [1.165, 1.54) is 5.56 Å². The molecule has 0 unspecified atom stereocenters. The van der Waals surface area contributed by atoms with Crippen LogP contribution >= 0.6 is 0 Å². The summed E-state index contributed by atoms with van der Waals surface area (Å²) in [5.41, 5.74) is 2.11. The van der Waals surface area contributed by atoms with Gasteiger partial charge in [-0.2, -0.15) is 5.26 Å². The van der Waals surface area contributed by atoms with Gasteiger partial charge in [0.25, 0.3) is 0 Å². The van der Waals surface area contributed by atoms with Crippen LogP contribution in [0.1, 0.15) is 55.1 Å². The maximum atomic E-state index is 12.1. The van der Waals surface area contributed by atoms with Gasteiger partial charge in [0.1, 0.15) is 5.41 Å². The highest BCUT2D eigenvalue weighted by molar-refractivity contribution is 5.69. The number of aryl methyl sites for hydroxylation is 1. The summed E-state index contributed by atoms with van der Waals surface area (Å²) < 4.78 is 6.90. The molecule has 1 saturated heterocycles. The fourth-order valence-corrected chi connectivity index (χ4v) is 6.10. The molecule has 0 aliphatic carbocycles. The molecule has 3 aromatic carbocycles. The average molecular weight is 549 g/mol. The molecule has 8 nitrogen and oxygen atoms in total. The molecule has 210 valence electrons. The van der Waals surface area contributed by atoms with Gasteiger partial charge in [-0.3, -0.25) is 4.79 Å². The van der Waals surface area contributed by atoms with Crippen LogP contribution in [0.25, 0.3) is 0 Å². The second-order valence-electron chi connectivity index (χ2n) is 10.6. The Morgan fingerprint density at radius 2 is 1.51 bits per heavy atom. The summed E-state index contributed by atoms with van der Waals surface area (Å²) in [5, 5.41) is 23.4. The number of esters is 1. The van der Waals surface area contributed by atoms with Crippen LogP contribution in [0.3, 0.4) is 0 Å². The van der Waals surface area contributed by atoms with Crippen molar-refractivity contribution in [1.82, 2.24) is 25.1 Å². The fourth-order valence-electron chi connectivity index (χ4n) is 6.10. The topological polar surface area (TPSA) is 96.9 Å². The quantitative estimate of drug-likeness (QED) is 0.246. The summed E-state index contributed by atoms with van der Waals surface area (Å²) in [4.78, 5) is 14.5. The van der Waals surface area contributed by atoms with Crippen molar-refractivity contribution in [3.05, 3.63) is 114 Å². The Morgan fingerprint density at radius 1 is 0.927 bits per heavy atom. The number of carbonyl (C=O) groups is 1. The first kappa shape index (κ1) is 28.2. The third kappa shape index (κ3) is 5.91. The number of nitrogens with zero attached hydrogens (tertiary/aromatic N) is 6. The van der Waals surface area contributed by atoms with Crippen LogP contribution in [0.15, 0.2) is 91.0 Å². The number of ether oxygens (including phenoxy) is 1. The lowest BCUT2D eigenvalue weighted by atomic mass is 9.71. The van der Waals surface area contributed by atoms with E-state index in [1.54, 1.807) is 11.6 Å². The molecule has 1 fully saturated rings. The second-order valence-corrected chi connectivity index (χ2v) is 10.6. The fraction of sp³-hybridized carbons (Fsp3) is 0.364. The number of nitriles is 1. The molecule has 1 aromatic heterocycles. The highest BCUT2D eigenvalue weighted by atomic mass is 16.5. The van der Waals surface area contributed by atoms with Crippen molar-refractivity contribution in [3.63, 3.8) is 0 Å². The summed E-state index contributed by atoms with van der Waals surface area (Å²) in [6.07, 6.45) is 2.56. The lowest BCUT2D eigenvalue weighted by molar-refractivity contribution is -0.143. The van der Waals surface area contributed by atoms with Gasteiger partial charge in [0, 0.05) is 6.54 Å². The highest BCUT2D eigenvalue weighted by Crippen LogP contribution is 2.41. The standard InChI is InChI=1S/C33H36N6O2/c1-2-41-30(40)18-22-39-31(35-36-37-39)32(27-12-6-3-7-13-27)19-23-38(24-20-32)25-21-33(26-34,28-14-8-4-9-15-28)29-16-10-5-11-17-29/h3-17H,2,18-25H2,1H3. The Bertz CT molecular complexity index is 1400. The van der Waals surface area contributed by atoms with Gasteiger partial charge in [-0.05, 0) is 66.4 Å². The van der Waals surface area contributed by atoms with Crippen LogP contribution in [0.4, 0.5) is 0 Å². The zero-order valence-corrected chi connectivity index (χ0v) is 23.5. The van der Waals surface area contributed by atoms with Gasteiger partial charge in [-0.15, -0.1) is 5.10 Å². The van der Waals surface area contributed by atoms with Gasteiger partial charge in [-0.1, -0.05) is 91.0 Å². The predicted molar refractivity (Wildman–Crippen MR) is 156 cm³/mol. The highest BCUT2D eigenvalue weighted by Gasteiger charge is 2.43. The molecule has 0 amide bonds. The largest absolute Gasteiger partial charge is 0.466 e. The molecule has 8 heteroatoms. The zero-order valence-electron chi connectivity index (χ0n) is 23.5. The van der Waals surface area contributed by atoms with Crippen LogP contribution in [0.2, 0.25) is 0 Å². The van der Waals surface area contributed by atoms with Crippen LogP contribution in [0.5, 0.6) is 0 Å². The molecule has 2 heterocycles. The van der Waals surface area contributed by atoms with E-state index in [1.807, 2.05) is 42.5 Å². The molecule has 0 N–H and O–H groups in total. The molecular weight excluding hydrogens is 512 g/mol. The van der Waals surface area contributed by atoms with Crippen molar-refractivity contribution in [1.29, 1.82) is 5.26 Å². The minimum atomic E-state index is -0.728. The maximum Gasteiger partial charge on any atom is 0.307 e. The Kier molecular flexibility index (Phi) is 8.85. The first-order valence-electron chi connectivity index (χ1n) is 14.3. The minimum absolute atomic E-state index is 0.220. The van der Waals surface area contributed by atoms with Crippen LogP contribution in [-0.2, 0) is 26.9 Å². The molecule has 0 saturated carbocycles. The first-order chi connectivity index (χ1) is 20.1. The summed E-state index contributed by atoms with van der Waals surface area (Å²) in [6.45, 7) is 5.00.